The summed E-state index contributed by atoms with van der Waals surface area (Å²) in [5.74, 6) is 0.802. The number of furan rings is 1. The van der Waals surface area contributed by atoms with Gasteiger partial charge in [-0.15, -0.1) is 0 Å². The minimum Gasteiger partial charge on any atom is -0.508 e. The molecule has 1 atom stereocenters. The number of aromatic hydroxyl groups is 1. The lowest BCUT2D eigenvalue weighted by Gasteiger charge is -2.17. The molecule has 1 aliphatic heterocycles. The molecular weight excluding hydrogens is 256 g/mol. The molecule has 0 aliphatic carbocycles. The summed E-state index contributed by atoms with van der Waals surface area (Å²) >= 11 is 0. The number of carbonyl (C=O) groups excluding carboxylic acids is 1. The average Bonchev–Trinajstić information content (AvgIpc) is 3.08. The predicted molar refractivity (Wildman–Crippen MR) is 73.2 cm³/mol. The minimum atomic E-state index is -0.202. The normalized spacial score (nSPS) is 18.1. The molecule has 1 N–H and O–H groups in total. The van der Waals surface area contributed by atoms with Crippen LogP contribution in [0.1, 0.15) is 30.7 Å². The summed E-state index contributed by atoms with van der Waals surface area (Å²) in [6.07, 6.45) is 2.18. The van der Waals surface area contributed by atoms with Crippen molar-refractivity contribution in [3.05, 3.63) is 54.0 Å². The Morgan fingerprint density at radius 3 is 2.70 bits per heavy atom. The molecular formula is C15H14N2O3. The summed E-state index contributed by atoms with van der Waals surface area (Å²) in [7, 11) is 0. The maximum Gasteiger partial charge on any atom is 0.240 e. The van der Waals surface area contributed by atoms with E-state index in [1.807, 2.05) is 6.07 Å². The van der Waals surface area contributed by atoms with Gasteiger partial charge in [0.2, 0.25) is 5.91 Å². The fourth-order valence-corrected chi connectivity index (χ4v) is 2.33. The molecule has 0 unspecified atom stereocenters. The third-order valence-corrected chi connectivity index (χ3v) is 3.31. The first kappa shape index (κ1) is 12.5. The van der Waals surface area contributed by atoms with Crippen LogP contribution in [0.3, 0.4) is 0 Å². The number of nitrogens with zero attached hydrogens (tertiary/aromatic N) is 2. The first-order valence-corrected chi connectivity index (χ1v) is 6.35. The number of benzene rings is 1. The molecule has 1 amide bonds. The lowest BCUT2D eigenvalue weighted by Crippen LogP contribution is -2.23. The van der Waals surface area contributed by atoms with E-state index >= 15 is 0 Å². The van der Waals surface area contributed by atoms with Crippen LogP contribution in [0.4, 0.5) is 0 Å². The molecule has 0 saturated heterocycles. The Morgan fingerprint density at radius 2 is 2.10 bits per heavy atom. The molecule has 2 aromatic rings. The third kappa shape index (κ3) is 2.18. The van der Waals surface area contributed by atoms with Crippen LogP contribution in [0.25, 0.3) is 0 Å². The molecule has 0 spiro atoms. The van der Waals surface area contributed by atoms with Crippen molar-refractivity contribution in [3.63, 3.8) is 0 Å². The topological polar surface area (TPSA) is 66.0 Å². The molecule has 5 heteroatoms. The molecule has 1 aliphatic rings. The van der Waals surface area contributed by atoms with Gasteiger partial charge in [0, 0.05) is 13.3 Å². The number of hydrogen-bond donors (Lipinski definition) is 1. The van der Waals surface area contributed by atoms with Gasteiger partial charge in [0.1, 0.15) is 17.6 Å². The molecule has 2 heterocycles. The Hall–Kier alpha value is -2.56. The lowest BCUT2D eigenvalue weighted by molar-refractivity contribution is -0.130. The van der Waals surface area contributed by atoms with Crippen molar-refractivity contribution in [1.29, 1.82) is 0 Å². The van der Waals surface area contributed by atoms with Crippen molar-refractivity contribution in [3.8, 4) is 5.75 Å². The number of phenols is 1. The predicted octanol–water partition coefficient (Wildman–Crippen LogP) is 2.68. The number of carbonyl (C=O) groups is 1. The summed E-state index contributed by atoms with van der Waals surface area (Å²) < 4.78 is 5.39. The second kappa shape index (κ2) is 4.85. The quantitative estimate of drug-likeness (QED) is 0.912. The Kier molecular flexibility index (Phi) is 3.02. The molecule has 1 aromatic carbocycles. The smallest absolute Gasteiger partial charge is 0.240 e. The van der Waals surface area contributed by atoms with Crippen LogP contribution in [-0.2, 0) is 4.79 Å². The van der Waals surface area contributed by atoms with Crippen molar-refractivity contribution in [2.75, 3.05) is 0 Å². The molecule has 20 heavy (non-hydrogen) atoms. The van der Waals surface area contributed by atoms with Crippen LogP contribution in [0, 0.1) is 0 Å². The number of phenolic OH excluding ortho intramolecular Hbond substituents is 1. The van der Waals surface area contributed by atoms with Crippen molar-refractivity contribution < 1.29 is 14.3 Å². The first-order chi connectivity index (χ1) is 9.65. The highest BCUT2D eigenvalue weighted by molar-refractivity contribution is 6.03. The highest BCUT2D eigenvalue weighted by Gasteiger charge is 2.33. The van der Waals surface area contributed by atoms with Gasteiger partial charge in [0.05, 0.1) is 12.0 Å². The fraction of sp³-hybridized carbons (Fsp3) is 0.200. The van der Waals surface area contributed by atoms with E-state index in [1.54, 1.807) is 36.6 Å². The molecule has 1 aromatic heterocycles. The number of rotatable bonds is 2. The van der Waals surface area contributed by atoms with Crippen LogP contribution in [0.5, 0.6) is 5.75 Å². The van der Waals surface area contributed by atoms with E-state index in [0.717, 1.165) is 17.0 Å². The molecule has 5 nitrogen and oxygen atoms in total. The van der Waals surface area contributed by atoms with Crippen molar-refractivity contribution in [1.82, 2.24) is 5.01 Å². The van der Waals surface area contributed by atoms with E-state index in [-0.39, 0.29) is 17.7 Å². The maximum absolute atomic E-state index is 11.7. The Balaban J connectivity index is 1.92. The molecule has 3 rings (SSSR count). The SMILES string of the molecule is CC(=O)N1N=C(c2ccc(O)cc2)C[C@@H]1c1ccco1. The van der Waals surface area contributed by atoms with Gasteiger partial charge in [-0.2, -0.15) is 5.10 Å². The second-order valence-electron chi connectivity index (χ2n) is 4.69. The van der Waals surface area contributed by atoms with E-state index in [2.05, 4.69) is 5.10 Å². The van der Waals surface area contributed by atoms with E-state index in [9.17, 15) is 9.90 Å². The van der Waals surface area contributed by atoms with Gasteiger partial charge >= 0.3 is 0 Å². The van der Waals surface area contributed by atoms with E-state index in [4.69, 9.17) is 4.42 Å². The summed E-state index contributed by atoms with van der Waals surface area (Å²) in [5, 5.41) is 15.2. The van der Waals surface area contributed by atoms with Gasteiger partial charge in [-0.1, -0.05) is 0 Å². The highest BCUT2D eigenvalue weighted by atomic mass is 16.3. The average molecular weight is 270 g/mol. The van der Waals surface area contributed by atoms with Crippen LogP contribution in [-0.4, -0.2) is 21.7 Å². The van der Waals surface area contributed by atoms with E-state index in [1.165, 1.54) is 11.9 Å². The summed E-state index contributed by atoms with van der Waals surface area (Å²) in [4.78, 5) is 11.7. The zero-order valence-electron chi connectivity index (χ0n) is 11.0. The fourth-order valence-electron chi connectivity index (χ4n) is 2.33. The number of amides is 1. The van der Waals surface area contributed by atoms with Crippen molar-refractivity contribution >= 4 is 11.6 Å². The summed E-state index contributed by atoms with van der Waals surface area (Å²) in [6.45, 7) is 1.49. The molecule has 0 bridgehead atoms. The lowest BCUT2D eigenvalue weighted by atomic mass is 10.0. The third-order valence-electron chi connectivity index (χ3n) is 3.31. The van der Waals surface area contributed by atoms with Gasteiger partial charge in [0.15, 0.2) is 0 Å². The van der Waals surface area contributed by atoms with E-state index in [0.29, 0.717) is 6.42 Å². The van der Waals surface area contributed by atoms with Crippen molar-refractivity contribution in [2.45, 2.75) is 19.4 Å². The molecule has 0 saturated carbocycles. The van der Waals surface area contributed by atoms with Crippen LogP contribution in [0.2, 0.25) is 0 Å². The monoisotopic (exact) mass is 270 g/mol. The number of hydrazone groups is 1. The molecule has 0 radical (unpaired) electrons. The molecule has 102 valence electrons. The Morgan fingerprint density at radius 1 is 1.35 bits per heavy atom. The van der Waals surface area contributed by atoms with Crippen LogP contribution in [0.15, 0.2) is 52.2 Å². The highest BCUT2D eigenvalue weighted by Crippen LogP contribution is 2.33. The largest absolute Gasteiger partial charge is 0.508 e. The Labute approximate surface area is 116 Å². The number of hydrogen-bond acceptors (Lipinski definition) is 4. The van der Waals surface area contributed by atoms with Gasteiger partial charge in [-0.3, -0.25) is 4.79 Å². The van der Waals surface area contributed by atoms with Gasteiger partial charge in [0.25, 0.3) is 0 Å². The van der Waals surface area contributed by atoms with Gasteiger partial charge in [-0.05, 0) is 42.0 Å². The summed E-state index contributed by atoms with van der Waals surface area (Å²) in [6, 6.07) is 10.2. The van der Waals surface area contributed by atoms with Crippen molar-refractivity contribution in [2.24, 2.45) is 5.10 Å². The van der Waals surface area contributed by atoms with Gasteiger partial charge in [-0.25, -0.2) is 5.01 Å². The van der Waals surface area contributed by atoms with Crippen LogP contribution < -0.4 is 0 Å². The van der Waals surface area contributed by atoms with Crippen LogP contribution >= 0.6 is 0 Å². The van der Waals surface area contributed by atoms with E-state index < -0.39 is 0 Å². The second-order valence-corrected chi connectivity index (χ2v) is 4.69. The molecule has 0 fully saturated rings. The zero-order chi connectivity index (χ0) is 14.1. The first-order valence-electron chi connectivity index (χ1n) is 6.35. The zero-order valence-corrected chi connectivity index (χ0v) is 11.0. The standard InChI is InChI=1S/C15H14N2O3/c1-10(18)17-14(15-3-2-8-20-15)9-13(16-17)11-4-6-12(19)7-5-11/h2-8,14,19H,9H2,1H3/t14-/m1/s1. The Bertz CT molecular complexity index is 644. The van der Waals surface area contributed by atoms with Gasteiger partial charge < -0.3 is 9.52 Å². The summed E-state index contributed by atoms with van der Waals surface area (Å²) in [5.41, 5.74) is 1.70. The maximum atomic E-state index is 11.7. The minimum absolute atomic E-state index is 0.125.